The maximum atomic E-state index is 13.4. The molecule has 0 amide bonds. The van der Waals surface area contributed by atoms with Crippen LogP contribution in [-0.2, 0) is 0 Å². The topological polar surface area (TPSA) is 55.2 Å². The van der Waals surface area contributed by atoms with E-state index in [0.29, 0.717) is 5.56 Å². The fourth-order valence-corrected chi connectivity index (χ4v) is 1.86. The van der Waals surface area contributed by atoms with Gasteiger partial charge in [0.2, 0.25) is 0 Å². The number of nitro benzene ring substituents is 1. The van der Waals surface area contributed by atoms with Gasteiger partial charge in [-0.1, -0.05) is 0 Å². The zero-order valence-electron chi connectivity index (χ0n) is 8.48. The summed E-state index contributed by atoms with van der Waals surface area (Å²) in [5, 5.41) is 13.7. The third kappa shape index (κ3) is 2.48. The number of halogens is 2. The fourth-order valence-electron chi connectivity index (χ4n) is 1.86. The molecule has 0 radical (unpaired) electrons. The van der Waals surface area contributed by atoms with Gasteiger partial charge in [0.15, 0.2) is 0 Å². The Bertz CT molecular complexity index is 394. The first-order chi connectivity index (χ1) is 7.18. The second-order valence-corrected chi connectivity index (χ2v) is 3.61. The van der Waals surface area contributed by atoms with E-state index in [1.807, 2.05) is 0 Å². The van der Waals surface area contributed by atoms with E-state index in [0.717, 1.165) is 25.5 Å². The number of nitrogens with zero attached hydrogens (tertiary/aromatic N) is 1. The summed E-state index contributed by atoms with van der Waals surface area (Å²) >= 11 is 0. The molecular formula is C10H12ClFN2O2. The van der Waals surface area contributed by atoms with Crippen LogP contribution in [0.5, 0.6) is 0 Å². The van der Waals surface area contributed by atoms with Crippen LogP contribution < -0.4 is 5.32 Å². The van der Waals surface area contributed by atoms with Crippen LogP contribution in [0, 0.1) is 15.9 Å². The van der Waals surface area contributed by atoms with Gasteiger partial charge in [-0.25, -0.2) is 4.39 Å². The zero-order chi connectivity index (χ0) is 10.8. The number of nitro groups is 1. The summed E-state index contributed by atoms with van der Waals surface area (Å²) in [6.45, 7) is 0.840. The van der Waals surface area contributed by atoms with Crippen molar-refractivity contribution in [2.24, 2.45) is 0 Å². The van der Waals surface area contributed by atoms with Crippen molar-refractivity contribution in [2.45, 2.75) is 18.9 Å². The van der Waals surface area contributed by atoms with Gasteiger partial charge in [0.1, 0.15) is 5.82 Å². The van der Waals surface area contributed by atoms with E-state index in [1.54, 1.807) is 0 Å². The molecule has 1 aliphatic rings. The Labute approximate surface area is 98.4 Å². The second kappa shape index (κ2) is 5.23. The van der Waals surface area contributed by atoms with Crippen LogP contribution in [0.4, 0.5) is 10.1 Å². The third-order valence-corrected chi connectivity index (χ3v) is 2.63. The largest absolute Gasteiger partial charge is 0.310 e. The lowest BCUT2D eigenvalue weighted by atomic mass is 10.0. The summed E-state index contributed by atoms with van der Waals surface area (Å²) in [6, 6.07) is 3.59. The lowest BCUT2D eigenvalue weighted by Gasteiger charge is -2.10. The molecule has 4 nitrogen and oxygen atoms in total. The summed E-state index contributed by atoms with van der Waals surface area (Å²) < 4.78 is 13.4. The van der Waals surface area contributed by atoms with Crippen LogP contribution in [0.15, 0.2) is 18.2 Å². The standard InChI is InChI=1S/C10H11FN2O2.ClH/c11-9-4-3-7(13(14)15)6-8(9)10-2-1-5-12-10;/h3-4,6,10,12H,1-2,5H2;1H/t10-;/m1./s1. The maximum absolute atomic E-state index is 13.4. The third-order valence-electron chi connectivity index (χ3n) is 2.63. The minimum absolute atomic E-state index is 0. The molecule has 1 N–H and O–H groups in total. The van der Waals surface area contributed by atoms with E-state index >= 15 is 0 Å². The number of benzene rings is 1. The SMILES string of the molecule is Cl.O=[N+]([O-])c1ccc(F)c([C@H]2CCCN2)c1. The van der Waals surface area contributed by atoms with Crippen molar-refractivity contribution in [1.29, 1.82) is 0 Å². The maximum Gasteiger partial charge on any atom is 0.269 e. The van der Waals surface area contributed by atoms with Gasteiger partial charge in [0, 0.05) is 23.7 Å². The van der Waals surface area contributed by atoms with Crippen molar-refractivity contribution < 1.29 is 9.31 Å². The average Bonchev–Trinajstić information content (AvgIpc) is 2.71. The van der Waals surface area contributed by atoms with Crippen molar-refractivity contribution in [1.82, 2.24) is 5.32 Å². The van der Waals surface area contributed by atoms with Gasteiger partial charge in [-0.2, -0.15) is 0 Å². The molecule has 1 aliphatic heterocycles. The highest BCUT2D eigenvalue weighted by Crippen LogP contribution is 2.28. The Hall–Kier alpha value is -1.20. The Morgan fingerprint density at radius 3 is 2.81 bits per heavy atom. The lowest BCUT2D eigenvalue weighted by molar-refractivity contribution is -0.385. The van der Waals surface area contributed by atoms with Crippen LogP contribution in [-0.4, -0.2) is 11.5 Å². The fraction of sp³-hybridized carbons (Fsp3) is 0.400. The second-order valence-electron chi connectivity index (χ2n) is 3.61. The molecule has 1 fully saturated rings. The van der Waals surface area contributed by atoms with E-state index in [9.17, 15) is 14.5 Å². The van der Waals surface area contributed by atoms with Crippen LogP contribution in [0.2, 0.25) is 0 Å². The monoisotopic (exact) mass is 246 g/mol. The quantitative estimate of drug-likeness (QED) is 0.645. The molecular weight excluding hydrogens is 235 g/mol. The van der Waals surface area contributed by atoms with Gasteiger partial charge >= 0.3 is 0 Å². The van der Waals surface area contributed by atoms with Crippen molar-refractivity contribution in [3.63, 3.8) is 0 Å². The molecule has 0 unspecified atom stereocenters. The number of hydrogen-bond donors (Lipinski definition) is 1. The number of hydrogen-bond acceptors (Lipinski definition) is 3. The minimum atomic E-state index is -0.502. The molecule has 0 spiro atoms. The molecule has 88 valence electrons. The van der Waals surface area contributed by atoms with E-state index in [2.05, 4.69) is 5.32 Å². The van der Waals surface area contributed by atoms with Crippen molar-refractivity contribution in [3.8, 4) is 0 Å². The first kappa shape index (κ1) is 12.9. The normalized spacial score (nSPS) is 19.2. The molecule has 0 aromatic heterocycles. The van der Waals surface area contributed by atoms with E-state index in [-0.39, 0.29) is 30.0 Å². The molecule has 2 rings (SSSR count). The van der Waals surface area contributed by atoms with E-state index in [4.69, 9.17) is 0 Å². The summed E-state index contributed by atoms with van der Waals surface area (Å²) in [7, 11) is 0. The average molecular weight is 247 g/mol. The number of non-ortho nitro benzene ring substituents is 1. The highest BCUT2D eigenvalue weighted by molar-refractivity contribution is 5.85. The summed E-state index contributed by atoms with van der Waals surface area (Å²) in [4.78, 5) is 10.0. The van der Waals surface area contributed by atoms with E-state index in [1.165, 1.54) is 12.1 Å². The molecule has 6 heteroatoms. The molecule has 0 aliphatic carbocycles. The highest BCUT2D eigenvalue weighted by atomic mass is 35.5. The molecule has 1 heterocycles. The molecule has 0 bridgehead atoms. The molecule has 16 heavy (non-hydrogen) atoms. The van der Waals surface area contributed by atoms with Gasteiger partial charge in [0.25, 0.3) is 5.69 Å². The van der Waals surface area contributed by atoms with Crippen molar-refractivity contribution in [2.75, 3.05) is 6.54 Å². The minimum Gasteiger partial charge on any atom is -0.310 e. The highest BCUT2D eigenvalue weighted by Gasteiger charge is 2.21. The summed E-state index contributed by atoms with van der Waals surface area (Å²) in [5.74, 6) is -0.375. The first-order valence-corrected chi connectivity index (χ1v) is 4.85. The summed E-state index contributed by atoms with van der Waals surface area (Å²) in [6.07, 6.45) is 1.81. The van der Waals surface area contributed by atoms with Gasteiger partial charge < -0.3 is 5.32 Å². The predicted octanol–water partition coefficient (Wildman–Crippen LogP) is 2.58. The Morgan fingerprint density at radius 2 is 2.25 bits per heavy atom. The molecule has 1 aromatic carbocycles. The molecule has 0 saturated carbocycles. The Morgan fingerprint density at radius 1 is 1.50 bits per heavy atom. The van der Waals surface area contributed by atoms with Gasteiger partial charge in [-0.05, 0) is 25.5 Å². The van der Waals surface area contributed by atoms with Crippen LogP contribution in [0.1, 0.15) is 24.4 Å². The number of nitrogens with one attached hydrogen (secondary N) is 1. The summed E-state index contributed by atoms with van der Waals surface area (Å²) in [5.41, 5.74) is 0.349. The molecule has 1 saturated heterocycles. The van der Waals surface area contributed by atoms with Crippen molar-refractivity contribution in [3.05, 3.63) is 39.7 Å². The predicted molar refractivity (Wildman–Crippen MR) is 60.3 cm³/mol. The zero-order valence-corrected chi connectivity index (χ0v) is 9.30. The van der Waals surface area contributed by atoms with Gasteiger partial charge in [-0.3, -0.25) is 10.1 Å². The van der Waals surface area contributed by atoms with Gasteiger partial charge in [-0.15, -0.1) is 12.4 Å². The Balaban J connectivity index is 0.00000128. The lowest BCUT2D eigenvalue weighted by Crippen LogP contribution is -2.14. The van der Waals surface area contributed by atoms with Crippen LogP contribution >= 0.6 is 12.4 Å². The molecule has 1 atom stereocenters. The van der Waals surface area contributed by atoms with Crippen LogP contribution in [0.25, 0.3) is 0 Å². The smallest absolute Gasteiger partial charge is 0.269 e. The molecule has 1 aromatic rings. The van der Waals surface area contributed by atoms with Crippen molar-refractivity contribution >= 4 is 18.1 Å². The van der Waals surface area contributed by atoms with Gasteiger partial charge in [0.05, 0.1) is 4.92 Å². The Kier molecular flexibility index (Phi) is 4.20. The number of rotatable bonds is 2. The first-order valence-electron chi connectivity index (χ1n) is 4.85. The van der Waals surface area contributed by atoms with Crippen LogP contribution in [0.3, 0.4) is 0 Å². The van der Waals surface area contributed by atoms with E-state index < -0.39 is 4.92 Å².